The SMILES string of the molecule is COc1ccc(-c2csc(CCNC(=O)c3cc(OC)cc(OC)c3)n2)cc1. The quantitative estimate of drug-likeness (QED) is 0.625. The molecule has 0 fully saturated rings. The van der Waals surface area contributed by atoms with Crippen LogP contribution in [0.25, 0.3) is 11.3 Å². The van der Waals surface area contributed by atoms with Gasteiger partial charge in [0, 0.05) is 35.5 Å². The lowest BCUT2D eigenvalue weighted by molar-refractivity contribution is 0.0953. The third-order valence-corrected chi connectivity index (χ3v) is 5.08. The molecule has 6 nitrogen and oxygen atoms in total. The first-order valence-electron chi connectivity index (χ1n) is 8.73. The lowest BCUT2D eigenvalue weighted by Gasteiger charge is -2.09. The van der Waals surface area contributed by atoms with Gasteiger partial charge < -0.3 is 19.5 Å². The molecule has 0 atom stereocenters. The third-order valence-electron chi connectivity index (χ3n) is 4.18. The van der Waals surface area contributed by atoms with Crippen LogP contribution in [0.4, 0.5) is 0 Å². The van der Waals surface area contributed by atoms with Crippen molar-refractivity contribution in [3.8, 4) is 28.5 Å². The van der Waals surface area contributed by atoms with E-state index in [-0.39, 0.29) is 5.91 Å². The van der Waals surface area contributed by atoms with E-state index in [2.05, 4.69) is 10.3 Å². The van der Waals surface area contributed by atoms with Crippen molar-refractivity contribution in [1.29, 1.82) is 0 Å². The van der Waals surface area contributed by atoms with Gasteiger partial charge in [-0.15, -0.1) is 11.3 Å². The number of hydrogen-bond acceptors (Lipinski definition) is 6. The third kappa shape index (κ3) is 4.80. The van der Waals surface area contributed by atoms with Crippen LogP contribution in [0.15, 0.2) is 47.8 Å². The summed E-state index contributed by atoms with van der Waals surface area (Å²) in [7, 11) is 4.75. The molecule has 3 rings (SSSR count). The summed E-state index contributed by atoms with van der Waals surface area (Å²) in [6.45, 7) is 0.494. The minimum absolute atomic E-state index is 0.177. The number of hydrogen-bond donors (Lipinski definition) is 1. The van der Waals surface area contributed by atoms with E-state index in [0.717, 1.165) is 22.0 Å². The van der Waals surface area contributed by atoms with E-state index in [0.29, 0.717) is 30.0 Å². The fourth-order valence-electron chi connectivity index (χ4n) is 2.64. The van der Waals surface area contributed by atoms with Crippen LogP contribution in [0, 0.1) is 0 Å². The molecule has 0 spiro atoms. The highest BCUT2D eigenvalue weighted by Gasteiger charge is 2.10. The number of methoxy groups -OCH3 is 3. The number of thiazole rings is 1. The molecule has 3 aromatic rings. The molecule has 0 aliphatic heterocycles. The first-order chi connectivity index (χ1) is 13.6. The van der Waals surface area contributed by atoms with Gasteiger partial charge in [-0.05, 0) is 36.4 Å². The van der Waals surface area contributed by atoms with Crippen molar-refractivity contribution in [3.05, 3.63) is 58.4 Å². The molecule has 0 saturated carbocycles. The van der Waals surface area contributed by atoms with Gasteiger partial charge in [-0.1, -0.05) is 0 Å². The molecule has 146 valence electrons. The summed E-state index contributed by atoms with van der Waals surface area (Å²) in [5, 5.41) is 5.90. The molecular formula is C21H22N2O4S. The molecule has 1 heterocycles. The Morgan fingerprint density at radius 1 is 0.964 bits per heavy atom. The summed E-state index contributed by atoms with van der Waals surface area (Å²) in [5.41, 5.74) is 2.46. The highest BCUT2D eigenvalue weighted by Crippen LogP contribution is 2.25. The molecule has 1 aromatic heterocycles. The van der Waals surface area contributed by atoms with Crippen LogP contribution in [0.5, 0.6) is 17.2 Å². The molecule has 1 N–H and O–H groups in total. The predicted molar refractivity (Wildman–Crippen MR) is 110 cm³/mol. The molecule has 2 aromatic carbocycles. The molecule has 0 aliphatic carbocycles. The Labute approximate surface area is 168 Å². The number of rotatable bonds is 8. The Bertz CT molecular complexity index is 916. The summed E-state index contributed by atoms with van der Waals surface area (Å²) in [6, 6.07) is 12.9. The molecule has 0 bridgehead atoms. The molecule has 1 amide bonds. The van der Waals surface area contributed by atoms with E-state index in [1.54, 1.807) is 50.9 Å². The minimum atomic E-state index is -0.177. The van der Waals surface area contributed by atoms with Crippen molar-refractivity contribution in [1.82, 2.24) is 10.3 Å². The van der Waals surface area contributed by atoms with Crippen LogP contribution >= 0.6 is 11.3 Å². The molecule has 28 heavy (non-hydrogen) atoms. The summed E-state index contributed by atoms with van der Waals surface area (Å²) in [6.07, 6.45) is 0.660. The molecule has 7 heteroatoms. The molecule has 0 radical (unpaired) electrons. The summed E-state index contributed by atoms with van der Waals surface area (Å²) >= 11 is 1.58. The second-order valence-corrected chi connectivity index (χ2v) is 6.90. The van der Waals surface area contributed by atoms with Crippen molar-refractivity contribution in [2.75, 3.05) is 27.9 Å². The molecular weight excluding hydrogens is 376 g/mol. The number of nitrogens with one attached hydrogen (secondary N) is 1. The second-order valence-electron chi connectivity index (χ2n) is 5.96. The van der Waals surface area contributed by atoms with Crippen LogP contribution in [0.1, 0.15) is 15.4 Å². The number of amides is 1. The topological polar surface area (TPSA) is 69.7 Å². The smallest absolute Gasteiger partial charge is 0.251 e. The van der Waals surface area contributed by atoms with Crippen molar-refractivity contribution in [2.24, 2.45) is 0 Å². The fourth-order valence-corrected chi connectivity index (χ4v) is 3.45. The Kier molecular flexibility index (Phi) is 6.49. The van der Waals surface area contributed by atoms with Gasteiger partial charge in [0.25, 0.3) is 5.91 Å². The van der Waals surface area contributed by atoms with Gasteiger partial charge in [0.2, 0.25) is 0 Å². The van der Waals surface area contributed by atoms with Crippen LogP contribution in [0.2, 0.25) is 0 Å². The first kappa shape index (κ1) is 19.7. The summed E-state index contributed by atoms with van der Waals surface area (Å²) in [5.74, 6) is 1.79. The van der Waals surface area contributed by atoms with E-state index in [9.17, 15) is 4.79 Å². The van der Waals surface area contributed by atoms with E-state index in [1.165, 1.54) is 0 Å². The number of nitrogens with zero attached hydrogens (tertiary/aromatic N) is 1. The predicted octanol–water partition coefficient (Wildman–Crippen LogP) is 3.81. The van der Waals surface area contributed by atoms with Gasteiger partial charge in [0.15, 0.2) is 0 Å². The number of carbonyl (C=O) groups is 1. The Hall–Kier alpha value is -3.06. The highest BCUT2D eigenvalue weighted by atomic mass is 32.1. The monoisotopic (exact) mass is 398 g/mol. The number of ether oxygens (including phenoxy) is 3. The van der Waals surface area contributed by atoms with Crippen LogP contribution in [-0.4, -0.2) is 38.8 Å². The zero-order valence-corrected chi connectivity index (χ0v) is 16.8. The number of aromatic nitrogens is 1. The standard InChI is InChI=1S/C21H22N2O4S/c1-25-16-6-4-14(5-7-16)19-13-28-20(23-19)8-9-22-21(24)15-10-17(26-2)12-18(11-15)27-3/h4-7,10-13H,8-9H2,1-3H3,(H,22,24). The second kappa shape index (κ2) is 9.23. The first-order valence-corrected chi connectivity index (χ1v) is 9.61. The Balaban J connectivity index is 1.58. The van der Waals surface area contributed by atoms with Gasteiger partial charge in [0.05, 0.1) is 32.0 Å². The Morgan fingerprint density at radius 2 is 1.61 bits per heavy atom. The number of carbonyl (C=O) groups excluding carboxylic acids is 1. The number of benzene rings is 2. The van der Waals surface area contributed by atoms with Crippen molar-refractivity contribution < 1.29 is 19.0 Å². The lowest BCUT2D eigenvalue weighted by atomic mass is 10.2. The van der Waals surface area contributed by atoms with Crippen molar-refractivity contribution in [2.45, 2.75) is 6.42 Å². The average Bonchev–Trinajstić information content (AvgIpc) is 3.22. The van der Waals surface area contributed by atoms with Gasteiger partial charge >= 0.3 is 0 Å². The summed E-state index contributed by atoms with van der Waals surface area (Å²) < 4.78 is 15.6. The van der Waals surface area contributed by atoms with Gasteiger partial charge in [-0.25, -0.2) is 4.98 Å². The maximum Gasteiger partial charge on any atom is 0.251 e. The van der Waals surface area contributed by atoms with E-state index < -0.39 is 0 Å². The molecule has 0 saturated heterocycles. The zero-order valence-electron chi connectivity index (χ0n) is 16.0. The maximum atomic E-state index is 12.4. The van der Waals surface area contributed by atoms with Gasteiger partial charge in [-0.3, -0.25) is 4.79 Å². The van der Waals surface area contributed by atoms with Crippen LogP contribution in [0.3, 0.4) is 0 Å². The van der Waals surface area contributed by atoms with Crippen LogP contribution < -0.4 is 19.5 Å². The minimum Gasteiger partial charge on any atom is -0.497 e. The van der Waals surface area contributed by atoms with Crippen molar-refractivity contribution in [3.63, 3.8) is 0 Å². The van der Waals surface area contributed by atoms with E-state index >= 15 is 0 Å². The van der Waals surface area contributed by atoms with Gasteiger partial charge in [0.1, 0.15) is 17.2 Å². The highest BCUT2D eigenvalue weighted by molar-refractivity contribution is 7.09. The maximum absolute atomic E-state index is 12.4. The normalized spacial score (nSPS) is 10.4. The largest absolute Gasteiger partial charge is 0.497 e. The Morgan fingerprint density at radius 3 is 2.21 bits per heavy atom. The average molecular weight is 398 g/mol. The summed E-state index contributed by atoms with van der Waals surface area (Å²) in [4.78, 5) is 17.1. The zero-order chi connectivity index (χ0) is 19.9. The molecule has 0 unspecified atom stereocenters. The van der Waals surface area contributed by atoms with Gasteiger partial charge in [-0.2, -0.15) is 0 Å². The lowest BCUT2D eigenvalue weighted by Crippen LogP contribution is -2.25. The van der Waals surface area contributed by atoms with Crippen LogP contribution in [-0.2, 0) is 6.42 Å². The van der Waals surface area contributed by atoms with E-state index in [1.807, 2.05) is 29.6 Å². The van der Waals surface area contributed by atoms with Crippen molar-refractivity contribution >= 4 is 17.2 Å². The molecule has 0 aliphatic rings. The van der Waals surface area contributed by atoms with E-state index in [4.69, 9.17) is 14.2 Å². The fraction of sp³-hybridized carbons (Fsp3) is 0.238.